The number of nitrogens with two attached hydrogens (primary N) is 1. The molecular formula is C17H22N8O3. The minimum absolute atomic E-state index is 0.00866. The van der Waals surface area contributed by atoms with Crippen LogP contribution < -0.4 is 16.4 Å². The van der Waals surface area contributed by atoms with Crippen LogP contribution in [0.15, 0.2) is 18.6 Å². The Morgan fingerprint density at radius 3 is 2.79 bits per heavy atom. The lowest BCUT2D eigenvalue weighted by molar-refractivity contribution is 0.1000. The van der Waals surface area contributed by atoms with Crippen molar-refractivity contribution in [3.63, 3.8) is 0 Å². The predicted octanol–water partition coefficient (Wildman–Crippen LogP) is 1.40. The van der Waals surface area contributed by atoms with E-state index in [1.807, 2.05) is 0 Å². The predicted molar refractivity (Wildman–Crippen MR) is 101 cm³/mol. The zero-order valence-corrected chi connectivity index (χ0v) is 15.2. The Balaban J connectivity index is 1.47. The highest BCUT2D eigenvalue weighted by molar-refractivity contribution is 5.97. The monoisotopic (exact) mass is 386 g/mol. The second-order valence-corrected chi connectivity index (χ2v) is 7.10. The average Bonchev–Trinajstić information content (AvgIpc) is 3.36. The second kappa shape index (κ2) is 7.33. The Kier molecular flexibility index (Phi) is 4.72. The third kappa shape index (κ3) is 3.97. The normalized spacial score (nSPS) is 19.3. The van der Waals surface area contributed by atoms with Crippen LogP contribution in [-0.2, 0) is 0 Å². The SMILES string of the molecule is NC(=O)c1cnc(Nc2cnn([C@H]3CCCN(C(=O)O)C3)c2)nc1NC1CC1. The van der Waals surface area contributed by atoms with Crippen molar-refractivity contribution < 1.29 is 14.7 Å². The van der Waals surface area contributed by atoms with Gasteiger partial charge in [0.25, 0.3) is 5.91 Å². The van der Waals surface area contributed by atoms with E-state index in [0.29, 0.717) is 36.6 Å². The molecule has 2 aliphatic rings. The highest BCUT2D eigenvalue weighted by Gasteiger charge is 2.26. The molecule has 2 aromatic rings. The van der Waals surface area contributed by atoms with Gasteiger partial charge >= 0.3 is 6.09 Å². The Labute approximate surface area is 160 Å². The van der Waals surface area contributed by atoms with Crippen molar-refractivity contribution in [3.05, 3.63) is 24.2 Å². The summed E-state index contributed by atoms with van der Waals surface area (Å²) >= 11 is 0. The first-order valence-corrected chi connectivity index (χ1v) is 9.22. The molecule has 11 heteroatoms. The maximum atomic E-state index is 11.6. The molecule has 2 fully saturated rings. The van der Waals surface area contributed by atoms with Gasteiger partial charge in [-0.3, -0.25) is 9.48 Å². The standard InChI is InChI=1S/C17H22N8O3/c18-14(26)13-7-19-16(23-15(13)21-10-3-4-10)22-11-6-20-25(8-11)12-2-1-5-24(9-12)17(27)28/h6-8,10,12H,1-5,9H2,(H2,18,26)(H,27,28)(H2,19,21,22,23)/t12-/m0/s1. The molecule has 1 saturated heterocycles. The number of nitrogens with one attached hydrogen (secondary N) is 2. The summed E-state index contributed by atoms with van der Waals surface area (Å²) in [5, 5.41) is 19.8. The van der Waals surface area contributed by atoms with Crippen LogP contribution in [-0.4, -0.2) is 60.9 Å². The van der Waals surface area contributed by atoms with Crippen LogP contribution in [0.5, 0.6) is 0 Å². The van der Waals surface area contributed by atoms with E-state index in [0.717, 1.165) is 25.7 Å². The largest absolute Gasteiger partial charge is 0.465 e. The summed E-state index contributed by atoms with van der Waals surface area (Å²) in [7, 11) is 0. The number of carbonyl (C=O) groups is 2. The van der Waals surface area contributed by atoms with Crippen molar-refractivity contribution in [2.75, 3.05) is 23.7 Å². The summed E-state index contributed by atoms with van der Waals surface area (Å²) < 4.78 is 1.76. The number of carboxylic acid groups (broad SMARTS) is 1. The van der Waals surface area contributed by atoms with E-state index >= 15 is 0 Å². The van der Waals surface area contributed by atoms with Crippen molar-refractivity contribution >= 4 is 29.5 Å². The number of rotatable bonds is 6. The molecule has 4 rings (SSSR count). The summed E-state index contributed by atoms with van der Waals surface area (Å²) in [5.41, 5.74) is 6.32. The first-order valence-electron chi connectivity index (χ1n) is 9.22. The topological polar surface area (TPSA) is 151 Å². The first kappa shape index (κ1) is 18.0. The number of anilines is 3. The van der Waals surface area contributed by atoms with Crippen LogP contribution in [0, 0.1) is 0 Å². The zero-order chi connectivity index (χ0) is 19.7. The molecule has 0 aromatic carbocycles. The fourth-order valence-electron chi connectivity index (χ4n) is 3.23. The lowest BCUT2D eigenvalue weighted by Gasteiger charge is -2.30. The molecule has 0 radical (unpaired) electrons. The maximum absolute atomic E-state index is 11.6. The Bertz CT molecular complexity index is 894. The summed E-state index contributed by atoms with van der Waals surface area (Å²) in [6.07, 6.45) is 7.66. The molecule has 1 atom stereocenters. The molecule has 0 unspecified atom stereocenters. The van der Waals surface area contributed by atoms with Crippen LogP contribution in [0.2, 0.25) is 0 Å². The molecule has 1 saturated carbocycles. The van der Waals surface area contributed by atoms with Gasteiger partial charge in [-0.1, -0.05) is 0 Å². The number of aromatic nitrogens is 4. The van der Waals surface area contributed by atoms with Gasteiger partial charge in [0.15, 0.2) is 0 Å². The number of piperidine rings is 1. The molecule has 1 aliphatic heterocycles. The van der Waals surface area contributed by atoms with Gasteiger partial charge in [-0.15, -0.1) is 0 Å². The highest BCUT2D eigenvalue weighted by atomic mass is 16.4. The molecule has 1 aliphatic carbocycles. The average molecular weight is 386 g/mol. The maximum Gasteiger partial charge on any atom is 0.407 e. The number of likely N-dealkylation sites (tertiary alicyclic amines) is 1. The minimum Gasteiger partial charge on any atom is -0.465 e. The molecule has 2 aromatic heterocycles. The van der Waals surface area contributed by atoms with Crippen molar-refractivity contribution in [1.82, 2.24) is 24.6 Å². The fourth-order valence-corrected chi connectivity index (χ4v) is 3.23. The summed E-state index contributed by atoms with van der Waals surface area (Å²) in [6, 6.07) is 0.303. The molecule has 0 bridgehead atoms. The summed E-state index contributed by atoms with van der Waals surface area (Å²) in [5.74, 6) is 0.163. The molecule has 11 nitrogen and oxygen atoms in total. The van der Waals surface area contributed by atoms with Gasteiger partial charge in [0.1, 0.15) is 5.82 Å². The molecule has 0 spiro atoms. The summed E-state index contributed by atoms with van der Waals surface area (Å²) in [6.45, 7) is 0.963. The first-order chi connectivity index (χ1) is 13.5. The molecule has 3 heterocycles. The van der Waals surface area contributed by atoms with Gasteiger partial charge in [-0.2, -0.15) is 10.1 Å². The number of hydrogen-bond acceptors (Lipinski definition) is 7. The quantitative estimate of drug-likeness (QED) is 0.581. The van der Waals surface area contributed by atoms with Gasteiger partial charge in [-0.25, -0.2) is 9.78 Å². The van der Waals surface area contributed by atoms with E-state index in [2.05, 4.69) is 25.7 Å². The van der Waals surface area contributed by atoms with Crippen LogP contribution >= 0.6 is 0 Å². The van der Waals surface area contributed by atoms with Crippen LogP contribution in [0.3, 0.4) is 0 Å². The van der Waals surface area contributed by atoms with E-state index < -0.39 is 12.0 Å². The zero-order valence-electron chi connectivity index (χ0n) is 15.2. The highest BCUT2D eigenvalue weighted by Crippen LogP contribution is 2.27. The van der Waals surface area contributed by atoms with Crippen LogP contribution in [0.1, 0.15) is 42.1 Å². The third-order valence-corrected chi connectivity index (χ3v) is 4.87. The van der Waals surface area contributed by atoms with Gasteiger partial charge in [-0.05, 0) is 25.7 Å². The Morgan fingerprint density at radius 1 is 1.25 bits per heavy atom. The van der Waals surface area contributed by atoms with E-state index in [1.165, 1.54) is 11.1 Å². The molecule has 28 heavy (non-hydrogen) atoms. The number of hydrogen-bond donors (Lipinski definition) is 4. The van der Waals surface area contributed by atoms with Gasteiger partial charge in [0.2, 0.25) is 5.95 Å². The Morgan fingerprint density at radius 2 is 2.07 bits per heavy atom. The Hall–Kier alpha value is -3.37. The van der Waals surface area contributed by atoms with Crippen molar-refractivity contribution in [1.29, 1.82) is 0 Å². The smallest absolute Gasteiger partial charge is 0.407 e. The lowest BCUT2D eigenvalue weighted by atomic mass is 10.1. The van der Waals surface area contributed by atoms with Crippen LogP contribution in [0.4, 0.5) is 22.2 Å². The third-order valence-electron chi connectivity index (χ3n) is 4.87. The van der Waals surface area contributed by atoms with E-state index in [1.54, 1.807) is 17.1 Å². The number of amides is 2. The van der Waals surface area contributed by atoms with Gasteiger partial charge in [0.05, 0.1) is 23.5 Å². The van der Waals surface area contributed by atoms with Gasteiger partial charge < -0.3 is 26.4 Å². The van der Waals surface area contributed by atoms with Crippen molar-refractivity contribution in [2.24, 2.45) is 5.73 Å². The van der Waals surface area contributed by atoms with Crippen LogP contribution in [0.25, 0.3) is 0 Å². The number of nitrogens with zero attached hydrogens (tertiary/aromatic N) is 5. The molecule has 2 amide bonds. The van der Waals surface area contributed by atoms with E-state index in [-0.39, 0.29) is 11.6 Å². The van der Waals surface area contributed by atoms with Crippen molar-refractivity contribution in [3.8, 4) is 0 Å². The number of primary amides is 1. The lowest BCUT2D eigenvalue weighted by Crippen LogP contribution is -2.39. The van der Waals surface area contributed by atoms with E-state index in [9.17, 15) is 14.7 Å². The molecule has 5 N–H and O–H groups in total. The fraction of sp³-hybridized carbons (Fsp3) is 0.471. The van der Waals surface area contributed by atoms with Crippen molar-refractivity contribution in [2.45, 2.75) is 37.8 Å². The number of carbonyl (C=O) groups excluding carboxylic acids is 1. The molecule has 148 valence electrons. The minimum atomic E-state index is -0.908. The van der Waals surface area contributed by atoms with Gasteiger partial charge in [0, 0.05) is 31.5 Å². The second-order valence-electron chi connectivity index (χ2n) is 7.10. The summed E-state index contributed by atoms with van der Waals surface area (Å²) in [4.78, 5) is 32.7. The van der Waals surface area contributed by atoms with E-state index in [4.69, 9.17) is 5.73 Å². The molecular weight excluding hydrogens is 364 g/mol.